The summed E-state index contributed by atoms with van der Waals surface area (Å²) in [6.07, 6.45) is 0. The van der Waals surface area contributed by atoms with Gasteiger partial charge in [-0.25, -0.2) is 14.2 Å². The number of fused-ring (bicyclic) bond motifs is 1. The van der Waals surface area contributed by atoms with Crippen molar-refractivity contribution in [3.05, 3.63) is 27.3 Å². The second kappa shape index (κ2) is 6.25. The van der Waals surface area contributed by atoms with Crippen LogP contribution in [0, 0.1) is 14.9 Å². The van der Waals surface area contributed by atoms with Gasteiger partial charge in [0.2, 0.25) is 0 Å². The van der Waals surface area contributed by atoms with Gasteiger partial charge >= 0.3 is 6.03 Å². The molecule has 1 aromatic rings. The largest absolute Gasteiger partial charge is 0.433 e. The number of rotatable bonds is 3. The molecule has 140 valence electrons. The number of amides is 4. The number of nitriles is 1. The van der Waals surface area contributed by atoms with Gasteiger partial charge in [0.25, 0.3) is 11.8 Å². The van der Waals surface area contributed by atoms with Gasteiger partial charge in [-0.15, -0.1) is 0 Å². The molecule has 1 N–H and O–H groups in total. The Kier molecular flexibility index (Phi) is 4.25. The van der Waals surface area contributed by atoms with Crippen molar-refractivity contribution in [1.29, 1.82) is 5.26 Å². The van der Waals surface area contributed by atoms with Crippen molar-refractivity contribution in [1.82, 2.24) is 10.2 Å². The zero-order chi connectivity index (χ0) is 19.5. The van der Waals surface area contributed by atoms with E-state index in [0.29, 0.717) is 34.6 Å². The predicted molar refractivity (Wildman–Crippen MR) is 104 cm³/mol. The Morgan fingerprint density at radius 1 is 1.37 bits per heavy atom. The number of anilines is 1. The lowest BCUT2D eigenvalue weighted by atomic mass is 10.1. The smallest absolute Gasteiger partial charge is 0.349 e. The number of urea groups is 1. The first-order valence-electron chi connectivity index (χ1n) is 8.78. The fraction of sp³-hybridized carbons (Fsp3) is 0.444. The van der Waals surface area contributed by atoms with Gasteiger partial charge in [0.1, 0.15) is 12.7 Å². The SMILES string of the molecule is CC(C)NC(=O)C1C[N@@]2CC3C(=O)N(c4ccc(C#N)c(I)c4)C(=O)[N+]13C2. The number of imide groups is 1. The zero-order valence-electron chi connectivity index (χ0n) is 15.0. The van der Waals surface area contributed by atoms with Gasteiger partial charge in [-0.05, 0) is 54.6 Å². The van der Waals surface area contributed by atoms with Crippen molar-refractivity contribution in [3.63, 3.8) is 0 Å². The van der Waals surface area contributed by atoms with Crippen molar-refractivity contribution < 1.29 is 18.9 Å². The lowest BCUT2D eigenvalue weighted by Crippen LogP contribution is -2.64. The van der Waals surface area contributed by atoms with E-state index in [1.165, 1.54) is 4.90 Å². The highest BCUT2D eigenvalue weighted by molar-refractivity contribution is 14.1. The monoisotopic (exact) mass is 480 g/mol. The van der Waals surface area contributed by atoms with Crippen molar-refractivity contribution in [2.24, 2.45) is 0 Å². The van der Waals surface area contributed by atoms with Crippen molar-refractivity contribution in [2.45, 2.75) is 32.0 Å². The van der Waals surface area contributed by atoms with Crippen LogP contribution in [0.5, 0.6) is 0 Å². The molecule has 9 heteroatoms. The van der Waals surface area contributed by atoms with Crippen LogP contribution in [0.15, 0.2) is 18.2 Å². The number of benzene rings is 1. The number of quaternary nitrogens is 1. The van der Waals surface area contributed by atoms with Gasteiger partial charge in [0.05, 0.1) is 24.3 Å². The van der Waals surface area contributed by atoms with Crippen LogP contribution in [0.2, 0.25) is 0 Å². The fourth-order valence-corrected chi connectivity index (χ4v) is 5.01. The highest BCUT2D eigenvalue weighted by atomic mass is 127. The number of piperazine rings is 1. The molecule has 0 radical (unpaired) electrons. The lowest BCUT2D eigenvalue weighted by molar-refractivity contribution is -0.853. The van der Waals surface area contributed by atoms with Gasteiger partial charge in [-0.1, -0.05) is 0 Å². The molecule has 3 fully saturated rings. The van der Waals surface area contributed by atoms with E-state index in [0.717, 1.165) is 0 Å². The Morgan fingerprint density at radius 3 is 2.74 bits per heavy atom. The average molecular weight is 480 g/mol. The molecule has 1 aromatic carbocycles. The minimum Gasteiger partial charge on any atom is -0.349 e. The summed E-state index contributed by atoms with van der Waals surface area (Å²) in [7, 11) is 0. The molecule has 3 aliphatic heterocycles. The number of hydrogen-bond donors (Lipinski definition) is 1. The minimum absolute atomic E-state index is 0.0332. The van der Waals surface area contributed by atoms with E-state index in [2.05, 4.69) is 11.4 Å². The van der Waals surface area contributed by atoms with Crippen LogP contribution in [-0.4, -0.2) is 65.1 Å². The summed E-state index contributed by atoms with van der Waals surface area (Å²) in [5.74, 6) is -0.459. The summed E-state index contributed by atoms with van der Waals surface area (Å²) in [4.78, 5) is 42.5. The van der Waals surface area contributed by atoms with E-state index < -0.39 is 12.1 Å². The number of halogens is 1. The maximum Gasteiger partial charge on any atom is 0.433 e. The Balaban J connectivity index is 1.73. The summed E-state index contributed by atoms with van der Waals surface area (Å²) in [6.45, 7) is 5.10. The maximum absolute atomic E-state index is 13.4. The Morgan fingerprint density at radius 2 is 2.11 bits per heavy atom. The van der Waals surface area contributed by atoms with Gasteiger partial charge in [0.15, 0.2) is 12.1 Å². The second-order valence-electron chi connectivity index (χ2n) is 7.53. The highest BCUT2D eigenvalue weighted by Gasteiger charge is 2.73. The Bertz CT molecular complexity index is 911. The quantitative estimate of drug-likeness (QED) is 0.396. The van der Waals surface area contributed by atoms with Crippen LogP contribution in [0.4, 0.5) is 10.5 Å². The van der Waals surface area contributed by atoms with Gasteiger partial charge in [0, 0.05) is 9.61 Å². The maximum atomic E-state index is 13.4. The zero-order valence-corrected chi connectivity index (χ0v) is 17.1. The topological polar surface area (TPSA) is 93.5 Å². The number of hydrogen-bond acceptors (Lipinski definition) is 5. The van der Waals surface area contributed by atoms with Crippen molar-refractivity contribution in [3.8, 4) is 6.07 Å². The Labute approximate surface area is 170 Å². The normalized spacial score (nSPS) is 31.4. The van der Waals surface area contributed by atoms with Crippen molar-refractivity contribution in [2.75, 3.05) is 24.7 Å². The molecule has 27 heavy (non-hydrogen) atoms. The molecular formula is C18H19IN5O3+. The molecule has 0 aliphatic carbocycles. The van der Waals surface area contributed by atoms with E-state index in [9.17, 15) is 14.4 Å². The molecule has 0 aromatic heterocycles. The molecule has 0 saturated carbocycles. The molecule has 4 rings (SSSR count). The molecule has 3 saturated heterocycles. The van der Waals surface area contributed by atoms with Crippen LogP contribution in [0.25, 0.3) is 0 Å². The molecular weight excluding hydrogens is 461 g/mol. The van der Waals surface area contributed by atoms with E-state index in [1.807, 2.05) is 41.3 Å². The summed E-state index contributed by atoms with van der Waals surface area (Å²) in [6, 6.07) is 5.47. The molecule has 2 bridgehead atoms. The number of nitrogens with zero attached hydrogens (tertiary/aromatic N) is 4. The molecule has 1 spiro atoms. The molecule has 3 unspecified atom stereocenters. The van der Waals surface area contributed by atoms with E-state index >= 15 is 0 Å². The van der Waals surface area contributed by atoms with Crippen LogP contribution >= 0.6 is 22.6 Å². The minimum atomic E-state index is -0.579. The van der Waals surface area contributed by atoms with Crippen LogP contribution in [0.1, 0.15) is 19.4 Å². The first-order chi connectivity index (χ1) is 12.8. The molecule has 3 heterocycles. The van der Waals surface area contributed by atoms with Gasteiger partial charge in [-0.3, -0.25) is 9.59 Å². The van der Waals surface area contributed by atoms with Gasteiger partial charge in [-0.2, -0.15) is 10.2 Å². The average Bonchev–Trinajstić information content (AvgIpc) is 3.23. The first kappa shape index (κ1) is 18.3. The number of nitrogens with one attached hydrogen (secondary N) is 1. The predicted octanol–water partition coefficient (Wildman–Crippen LogP) is 0.995. The fourth-order valence-electron chi connectivity index (χ4n) is 4.39. The Hall–Kier alpha value is -2.03. The third-order valence-electron chi connectivity index (χ3n) is 5.53. The third kappa shape index (κ3) is 2.50. The highest BCUT2D eigenvalue weighted by Crippen LogP contribution is 2.43. The van der Waals surface area contributed by atoms with Crippen LogP contribution in [-0.2, 0) is 9.59 Å². The number of carbonyl (C=O) groups is 3. The first-order valence-corrected chi connectivity index (χ1v) is 9.85. The molecule has 4 amide bonds. The summed E-state index contributed by atoms with van der Waals surface area (Å²) >= 11 is 2.02. The summed E-state index contributed by atoms with van der Waals surface area (Å²) in [5.41, 5.74) is 0.948. The molecule has 4 atom stereocenters. The number of carbonyl (C=O) groups excluding carboxylic acids is 3. The van der Waals surface area contributed by atoms with Gasteiger partial charge < -0.3 is 5.32 Å². The van der Waals surface area contributed by atoms with E-state index in [-0.39, 0.29) is 28.4 Å². The summed E-state index contributed by atoms with van der Waals surface area (Å²) < 4.78 is 0.533. The third-order valence-corrected chi connectivity index (χ3v) is 6.42. The van der Waals surface area contributed by atoms with Crippen molar-refractivity contribution >= 4 is 46.1 Å². The van der Waals surface area contributed by atoms with E-state index in [1.54, 1.807) is 18.2 Å². The van der Waals surface area contributed by atoms with E-state index in [4.69, 9.17) is 5.26 Å². The molecule has 8 nitrogen and oxygen atoms in total. The summed E-state index contributed by atoms with van der Waals surface area (Å²) in [5, 5.41) is 12.0. The lowest BCUT2D eigenvalue weighted by Gasteiger charge is -2.33. The second-order valence-corrected chi connectivity index (χ2v) is 8.70. The standard InChI is InChI=1S/C18H18IN5O3/c1-10(2)21-16(25)14-7-22-8-15-17(26)23(18(27)24(14,15)9-22)12-4-3-11(6-20)13(19)5-12/h3-5,10,14-15H,7-9H2,1-2H3/p+1. The molecule has 3 aliphatic rings. The van der Waals surface area contributed by atoms with Crippen LogP contribution < -0.4 is 10.2 Å². The van der Waals surface area contributed by atoms with Crippen LogP contribution in [0.3, 0.4) is 0 Å².